The third-order valence-corrected chi connectivity index (χ3v) is 5.41. The molecule has 2 saturated heterocycles. The van der Waals surface area contributed by atoms with Crippen LogP contribution < -0.4 is 5.32 Å². The largest absolute Gasteiger partial charge is 0.392 e. The Morgan fingerprint density at radius 1 is 1.24 bits per heavy atom. The number of nitrogens with zero attached hydrogens (tertiary/aromatic N) is 3. The molecule has 0 atom stereocenters. The van der Waals surface area contributed by atoms with E-state index < -0.39 is 5.82 Å². The number of hydrogen-bond donors (Lipinski definition) is 2. The fourth-order valence-corrected chi connectivity index (χ4v) is 3.75. The van der Waals surface area contributed by atoms with Crippen LogP contribution in [-0.2, 0) is 22.7 Å². The van der Waals surface area contributed by atoms with Gasteiger partial charge in [0.25, 0.3) is 0 Å². The van der Waals surface area contributed by atoms with Crippen molar-refractivity contribution in [1.82, 2.24) is 15.1 Å². The summed E-state index contributed by atoms with van der Waals surface area (Å²) in [6.07, 6.45) is 1.62. The third kappa shape index (κ3) is 6.26. The number of halogens is 2. The summed E-state index contributed by atoms with van der Waals surface area (Å²) < 4.78 is 18.8. The Morgan fingerprint density at radius 2 is 1.93 bits per heavy atom. The zero-order chi connectivity index (χ0) is 19.9. The Labute approximate surface area is 188 Å². The van der Waals surface area contributed by atoms with Crippen molar-refractivity contribution in [2.45, 2.75) is 26.0 Å². The van der Waals surface area contributed by atoms with Crippen molar-refractivity contribution in [3.63, 3.8) is 0 Å². The maximum absolute atomic E-state index is 13.5. The second-order valence-corrected chi connectivity index (χ2v) is 7.18. The second kappa shape index (κ2) is 11.7. The summed E-state index contributed by atoms with van der Waals surface area (Å²) in [6.45, 7) is 4.35. The molecular formula is C20H30FIN4O3. The fourth-order valence-electron chi connectivity index (χ4n) is 3.75. The Kier molecular flexibility index (Phi) is 9.57. The molecule has 3 rings (SSSR count). The van der Waals surface area contributed by atoms with E-state index in [2.05, 4.69) is 15.2 Å². The van der Waals surface area contributed by atoms with Gasteiger partial charge < -0.3 is 25.0 Å². The summed E-state index contributed by atoms with van der Waals surface area (Å²) in [5.41, 5.74) is 1.17. The summed E-state index contributed by atoms with van der Waals surface area (Å²) in [7, 11) is 1.73. The standard InChI is InChI=1S/C20H29FN4O3.HI/c1-22-20(23-13-15-2-3-18(21)17(12-15)14-26)25-6-4-16(5-7-25)19(27)24-8-10-28-11-9-24;/h2-3,12,16,26H,4-11,13-14H2,1H3,(H,22,23);1H. The first kappa shape index (κ1) is 23.8. The van der Waals surface area contributed by atoms with Crippen molar-refractivity contribution < 1.29 is 19.0 Å². The first-order valence-corrected chi connectivity index (χ1v) is 9.82. The van der Waals surface area contributed by atoms with Crippen LogP contribution in [0.15, 0.2) is 23.2 Å². The maximum atomic E-state index is 13.5. The Bertz CT molecular complexity index is 705. The maximum Gasteiger partial charge on any atom is 0.225 e. The normalized spacial score (nSPS) is 18.4. The predicted molar refractivity (Wildman–Crippen MR) is 120 cm³/mol. The SMILES string of the molecule is CN=C(NCc1ccc(F)c(CO)c1)N1CCC(C(=O)N2CCOCC2)CC1.I. The average molecular weight is 520 g/mol. The highest BCUT2D eigenvalue weighted by Crippen LogP contribution is 2.20. The molecule has 29 heavy (non-hydrogen) atoms. The van der Waals surface area contributed by atoms with Gasteiger partial charge in [0.1, 0.15) is 5.82 Å². The van der Waals surface area contributed by atoms with E-state index in [1.807, 2.05) is 4.90 Å². The van der Waals surface area contributed by atoms with Gasteiger partial charge in [-0.2, -0.15) is 0 Å². The summed E-state index contributed by atoms with van der Waals surface area (Å²) in [6, 6.07) is 4.72. The minimum atomic E-state index is -0.400. The number of morpholine rings is 1. The van der Waals surface area contributed by atoms with Crippen molar-refractivity contribution in [3.05, 3.63) is 35.1 Å². The lowest BCUT2D eigenvalue weighted by Gasteiger charge is -2.36. The Hall–Kier alpha value is -1.46. The van der Waals surface area contributed by atoms with E-state index in [4.69, 9.17) is 4.74 Å². The minimum Gasteiger partial charge on any atom is -0.392 e. The number of nitrogens with one attached hydrogen (secondary N) is 1. The molecule has 1 aromatic rings. The zero-order valence-electron chi connectivity index (χ0n) is 16.8. The van der Waals surface area contributed by atoms with Crippen LogP contribution in [-0.4, -0.2) is 73.2 Å². The number of amides is 1. The van der Waals surface area contributed by atoms with Gasteiger partial charge in [0.2, 0.25) is 5.91 Å². The molecule has 2 N–H and O–H groups in total. The number of aliphatic hydroxyl groups excluding tert-OH is 1. The number of rotatable bonds is 4. The van der Waals surface area contributed by atoms with E-state index in [9.17, 15) is 14.3 Å². The van der Waals surface area contributed by atoms with Gasteiger partial charge in [0.15, 0.2) is 5.96 Å². The van der Waals surface area contributed by atoms with Crippen molar-refractivity contribution in [3.8, 4) is 0 Å². The monoisotopic (exact) mass is 520 g/mol. The van der Waals surface area contributed by atoms with Gasteiger partial charge in [0, 0.05) is 51.3 Å². The minimum absolute atomic E-state index is 0. The fraction of sp³-hybridized carbons (Fsp3) is 0.600. The van der Waals surface area contributed by atoms with Crippen molar-refractivity contribution >= 4 is 35.8 Å². The summed E-state index contributed by atoms with van der Waals surface area (Å²) >= 11 is 0. The number of aliphatic imine (C=N–C) groups is 1. The quantitative estimate of drug-likeness (QED) is 0.359. The molecule has 2 fully saturated rings. The lowest BCUT2D eigenvalue weighted by Crippen LogP contribution is -2.49. The van der Waals surface area contributed by atoms with Crippen LogP contribution >= 0.6 is 24.0 Å². The Balaban J connectivity index is 0.00000300. The molecule has 0 radical (unpaired) electrons. The van der Waals surface area contributed by atoms with E-state index in [-0.39, 0.29) is 48.0 Å². The predicted octanol–water partition coefficient (Wildman–Crippen LogP) is 1.58. The summed E-state index contributed by atoms with van der Waals surface area (Å²) in [5, 5.41) is 12.5. The molecule has 2 aliphatic rings. The van der Waals surface area contributed by atoms with Crippen LogP contribution in [0, 0.1) is 11.7 Å². The molecule has 1 amide bonds. The molecular weight excluding hydrogens is 490 g/mol. The van der Waals surface area contributed by atoms with Crippen molar-refractivity contribution in [1.29, 1.82) is 0 Å². The molecule has 1 aromatic carbocycles. The second-order valence-electron chi connectivity index (χ2n) is 7.18. The van der Waals surface area contributed by atoms with Crippen molar-refractivity contribution in [2.75, 3.05) is 46.4 Å². The van der Waals surface area contributed by atoms with Gasteiger partial charge in [-0.3, -0.25) is 9.79 Å². The van der Waals surface area contributed by atoms with Crippen molar-refractivity contribution in [2.24, 2.45) is 10.9 Å². The van der Waals surface area contributed by atoms with Crippen LogP contribution in [0.5, 0.6) is 0 Å². The third-order valence-electron chi connectivity index (χ3n) is 5.41. The molecule has 0 unspecified atom stereocenters. The molecule has 0 aliphatic carbocycles. The van der Waals surface area contributed by atoms with Crippen LogP contribution in [0.4, 0.5) is 4.39 Å². The van der Waals surface area contributed by atoms with E-state index in [1.165, 1.54) is 6.07 Å². The van der Waals surface area contributed by atoms with E-state index >= 15 is 0 Å². The molecule has 0 bridgehead atoms. The zero-order valence-corrected chi connectivity index (χ0v) is 19.1. The van der Waals surface area contributed by atoms with Crippen LogP contribution in [0.1, 0.15) is 24.0 Å². The highest BCUT2D eigenvalue weighted by atomic mass is 127. The van der Waals surface area contributed by atoms with Gasteiger partial charge in [-0.25, -0.2) is 4.39 Å². The topological polar surface area (TPSA) is 77.4 Å². The molecule has 162 valence electrons. The average Bonchev–Trinajstić information content (AvgIpc) is 2.75. The number of carbonyl (C=O) groups excluding carboxylic acids is 1. The molecule has 0 aromatic heterocycles. The molecule has 0 saturated carbocycles. The van der Waals surface area contributed by atoms with Gasteiger partial charge in [-0.1, -0.05) is 6.07 Å². The van der Waals surface area contributed by atoms with Gasteiger partial charge in [-0.15, -0.1) is 24.0 Å². The number of carbonyl (C=O) groups is 1. The lowest BCUT2D eigenvalue weighted by atomic mass is 9.95. The van der Waals surface area contributed by atoms with Crippen LogP contribution in [0.3, 0.4) is 0 Å². The number of piperidine rings is 1. The highest BCUT2D eigenvalue weighted by molar-refractivity contribution is 14.0. The molecule has 2 heterocycles. The molecule has 2 aliphatic heterocycles. The Morgan fingerprint density at radius 3 is 2.55 bits per heavy atom. The summed E-state index contributed by atoms with van der Waals surface area (Å²) in [4.78, 5) is 21.1. The number of benzene rings is 1. The van der Waals surface area contributed by atoms with Gasteiger partial charge in [0.05, 0.1) is 19.8 Å². The van der Waals surface area contributed by atoms with E-state index in [0.29, 0.717) is 32.8 Å². The van der Waals surface area contributed by atoms with E-state index in [0.717, 1.165) is 37.5 Å². The number of hydrogen-bond acceptors (Lipinski definition) is 4. The smallest absolute Gasteiger partial charge is 0.225 e. The van der Waals surface area contributed by atoms with Crippen LogP contribution in [0.25, 0.3) is 0 Å². The van der Waals surface area contributed by atoms with Gasteiger partial charge in [-0.05, 0) is 30.5 Å². The number of ether oxygens (including phenoxy) is 1. The summed E-state index contributed by atoms with van der Waals surface area (Å²) in [5.74, 6) is 0.681. The number of aliphatic hydroxyl groups is 1. The van der Waals surface area contributed by atoms with E-state index in [1.54, 1.807) is 19.2 Å². The number of guanidine groups is 1. The number of likely N-dealkylation sites (tertiary alicyclic amines) is 1. The lowest BCUT2D eigenvalue weighted by molar-refractivity contribution is -0.140. The molecule has 0 spiro atoms. The molecule has 9 heteroatoms. The van der Waals surface area contributed by atoms with Crippen LogP contribution in [0.2, 0.25) is 0 Å². The first-order valence-electron chi connectivity index (χ1n) is 9.82. The van der Waals surface area contributed by atoms with Gasteiger partial charge >= 0.3 is 0 Å². The molecule has 7 nitrogen and oxygen atoms in total. The first-order chi connectivity index (χ1) is 13.6. The highest BCUT2D eigenvalue weighted by Gasteiger charge is 2.30.